The van der Waals surface area contributed by atoms with Gasteiger partial charge in [0.1, 0.15) is 11.1 Å². The van der Waals surface area contributed by atoms with Gasteiger partial charge in [-0.3, -0.25) is 19.3 Å². The van der Waals surface area contributed by atoms with Gasteiger partial charge in [-0.2, -0.15) is 0 Å². The first-order valence-electron chi connectivity index (χ1n) is 11.5. The summed E-state index contributed by atoms with van der Waals surface area (Å²) in [5, 5.41) is 2.52. The van der Waals surface area contributed by atoms with Crippen LogP contribution >= 0.6 is 0 Å². The van der Waals surface area contributed by atoms with Gasteiger partial charge in [-0.05, 0) is 37.9 Å². The number of likely N-dealkylation sites (tertiary alicyclic amines) is 1. The Labute approximate surface area is 190 Å². The van der Waals surface area contributed by atoms with Crippen molar-refractivity contribution in [2.75, 3.05) is 33.2 Å². The maximum Gasteiger partial charge on any atom is 0.259 e. The third kappa shape index (κ3) is 5.46. The van der Waals surface area contributed by atoms with Crippen molar-refractivity contribution in [1.29, 1.82) is 0 Å². The molecule has 2 amide bonds. The largest absolute Gasteiger partial charge is 0.355 e. The number of nitrogens with one attached hydrogen (secondary N) is 1. The number of aromatic nitrogens is 1. The molecule has 1 fully saturated rings. The first-order valence-corrected chi connectivity index (χ1v) is 11.5. The topological polar surface area (TPSA) is 74.7 Å². The Hall–Kier alpha value is -2.93. The third-order valence-corrected chi connectivity index (χ3v) is 6.29. The number of hydrogen-bond donors (Lipinski definition) is 1. The average molecular weight is 439 g/mol. The van der Waals surface area contributed by atoms with Crippen LogP contribution in [0.3, 0.4) is 0 Å². The van der Waals surface area contributed by atoms with Gasteiger partial charge in [0.25, 0.3) is 11.8 Å². The van der Waals surface area contributed by atoms with Crippen LogP contribution in [0, 0.1) is 0 Å². The van der Waals surface area contributed by atoms with Gasteiger partial charge in [0.15, 0.2) is 0 Å². The predicted molar refractivity (Wildman–Crippen MR) is 126 cm³/mol. The molecule has 1 aliphatic heterocycles. The number of pyridine rings is 1. The molecule has 1 N–H and O–H groups in total. The molecule has 2 heterocycles. The fraction of sp³-hybridized carbons (Fsp3) is 0.480. The van der Waals surface area contributed by atoms with E-state index in [2.05, 4.69) is 36.2 Å². The number of hydrogen-bond acceptors (Lipinski definition) is 4. The van der Waals surface area contributed by atoms with E-state index < -0.39 is 11.3 Å². The van der Waals surface area contributed by atoms with Gasteiger partial charge >= 0.3 is 0 Å². The van der Waals surface area contributed by atoms with Crippen molar-refractivity contribution in [2.45, 2.75) is 45.7 Å². The second-order valence-electron chi connectivity index (χ2n) is 8.24. The molecule has 1 aromatic heterocycles. The number of likely N-dealkylation sites (N-methyl/N-ethyl adjacent to an activating group) is 1. The van der Waals surface area contributed by atoms with Gasteiger partial charge in [-0.1, -0.05) is 44.2 Å². The van der Waals surface area contributed by atoms with Crippen molar-refractivity contribution in [3.63, 3.8) is 0 Å². The van der Waals surface area contributed by atoms with E-state index >= 15 is 0 Å². The van der Waals surface area contributed by atoms with Crippen LogP contribution in [0.1, 0.15) is 53.0 Å². The normalized spacial score (nSPS) is 15.9. The average Bonchev–Trinajstić information content (AvgIpc) is 3.30. The molecule has 1 unspecified atom stereocenters. The zero-order valence-electron chi connectivity index (χ0n) is 19.3. The highest BCUT2D eigenvalue weighted by Crippen LogP contribution is 2.17. The van der Waals surface area contributed by atoms with Crippen molar-refractivity contribution in [3.05, 3.63) is 69.6 Å². The summed E-state index contributed by atoms with van der Waals surface area (Å²) in [7, 11) is 1.49. The lowest BCUT2D eigenvalue weighted by Crippen LogP contribution is -2.40. The van der Waals surface area contributed by atoms with E-state index in [0.717, 1.165) is 32.4 Å². The molecule has 1 atom stereocenters. The highest BCUT2D eigenvalue weighted by atomic mass is 16.2. The van der Waals surface area contributed by atoms with E-state index in [4.69, 9.17) is 0 Å². The second-order valence-corrected chi connectivity index (χ2v) is 8.24. The van der Waals surface area contributed by atoms with Gasteiger partial charge in [-0.25, -0.2) is 0 Å². The Bertz CT molecular complexity index is 982. The number of nitrogens with zero attached hydrogens (tertiary/aromatic N) is 3. The molecule has 0 aliphatic carbocycles. The quantitative estimate of drug-likeness (QED) is 0.652. The minimum atomic E-state index is -0.500. The van der Waals surface area contributed by atoms with E-state index in [1.807, 2.05) is 18.2 Å². The Kier molecular flexibility index (Phi) is 8.22. The lowest BCUT2D eigenvalue weighted by Gasteiger charge is -2.26. The third-order valence-electron chi connectivity index (χ3n) is 6.29. The Balaban J connectivity index is 1.81. The van der Waals surface area contributed by atoms with Crippen molar-refractivity contribution in [1.82, 2.24) is 19.7 Å². The van der Waals surface area contributed by atoms with E-state index in [-0.39, 0.29) is 17.0 Å². The standard InChI is InChI=1S/C25H34N4O3/c1-4-28(5-2)20-13-15-29(16-20)25(32)22-18-27(17-21(23(22)30)24(31)26-3)14-9-12-19-10-7-6-8-11-19/h6-8,10-11,17-18,20H,4-5,9,12-16H2,1-3H3,(H,26,31). The Morgan fingerprint density at radius 2 is 1.78 bits per heavy atom. The van der Waals surface area contributed by atoms with Crippen molar-refractivity contribution in [3.8, 4) is 0 Å². The van der Waals surface area contributed by atoms with Crippen LogP contribution in [0.25, 0.3) is 0 Å². The van der Waals surface area contributed by atoms with Crippen LogP contribution in [0.15, 0.2) is 47.5 Å². The second kappa shape index (κ2) is 11.1. The number of aryl methyl sites for hydroxylation is 2. The summed E-state index contributed by atoms with van der Waals surface area (Å²) in [6.45, 7) is 7.95. The molecule has 3 rings (SSSR count). The molecular weight excluding hydrogens is 404 g/mol. The summed E-state index contributed by atoms with van der Waals surface area (Å²) in [6.07, 6.45) is 5.79. The molecular formula is C25H34N4O3. The molecule has 172 valence electrons. The van der Waals surface area contributed by atoms with Gasteiger partial charge in [0.2, 0.25) is 5.43 Å². The van der Waals surface area contributed by atoms with Crippen LogP contribution in [-0.4, -0.2) is 65.4 Å². The molecule has 32 heavy (non-hydrogen) atoms. The Morgan fingerprint density at radius 3 is 2.44 bits per heavy atom. The summed E-state index contributed by atoms with van der Waals surface area (Å²) < 4.78 is 1.81. The molecule has 0 bridgehead atoms. The summed E-state index contributed by atoms with van der Waals surface area (Å²) in [4.78, 5) is 42.7. The minimum absolute atomic E-state index is 0.0116. The molecule has 1 aliphatic rings. The smallest absolute Gasteiger partial charge is 0.259 e. The summed E-state index contributed by atoms with van der Waals surface area (Å²) >= 11 is 0. The minimum Gasteiger partial charge on any atom is -0.355 e. The monoisotopic (exact) mass is 438 g/mol. The van der Waals surface area contributed by atoms with Crippen LogP contribution < -0.4 is 10.7 Å². The summed E-state index contributed by atoms with van der Waals surface area (Å²) in [6, 6.07) is 10.5. The SMILES string of the molecule is CCN(CC)C1CCN(C(=O)c2cn(CCCc3ccccc3)cc(C(=O)NC)c2=O)C1. The van der Waals surface area contributed by atoms with E-state index in [9.17, 15) is 14.4 Å². The van der Waals surface area contributed by atoms with Crippen molar-refractivity contribution in [2.24, 2.45) is 0 Å². The van der Waals surface area contributed by atoms with Gasteiger partial charge in [0.05, 0.1) is 0 Å². The number of benzene rings is 1. The summed E-state index contributed by atoms with van der Waals surface area (Å²) in [5.41, 5.74) is 0.819. The van der Waals surface area contributed by atoms with E-state index in [0.29, 0.717) is 25.7 Å². The van der Waals surface area contributed by atoms with E-state index in [1.54, 1.807) is 21.9 Å². The molecule has 7 nitrogen and oxygen atoms in total. The number of carbonyl (C=O) groups is 2. The summed E-state index contributed by atoms with van der Waals surface area (Å²) in [5.74, 6) is -0.754. The molecule has 0 radical (unpaired) electrons. The van der Waals surface area contributed by atoms with Crippen LogP contribution in [-0.2, 0) is 13.0 Å². The highest BCUT2D eigenvalue weighted by Gasteiger charge is 2.31. The van der Waals surface area contributed by atoms with Crippen molar-refractivity contribution >= 4 is 11.8 Å². The highest BCUT2D eigenvalue weighted by molar-refractivity contribution is 5.99. The lowest BCUT2D eigenvalue weighted by atomic mass is 10.1. The van der Waals surface area contributed by atoms with Crippen LogP contribution in [0.4, 0.5) is 0 Å². The molecule has 1 saturated heterocycles. The van der Waals surface area contributed by atoms with Crippen LogP contribution in [0.2, 0.25) is 0 Å². The van der Waals surface area contributed by atoms with Gasteiger partial charge < -0.3 is 14.8 Å². The maximum absolute atomic E-state index is 13.3. The molecule has 7 heteroatoms. The molecule has 1 aromatic carbocycles. The zero-order valence-corrected chi connectivity index (χ0v) is 19.3. The predicted octanol–water partition coefficient (Wildman–Crippen LogP) is 2.40. The Morgan fingerprint density at radius 1 is 1.09 bits per heavy atom. The molecule has 2 aromatic rings. The number of amides is 2. The fourth-order valence-corrected chi connectivity index (χ4v) is 4.45. The zero-order chi connectivity index (χ0) is 23.1. The first kappa shape index (κ1) is 23.7. The van der Waals surface area contributed by atoms with Gasteiger partial charge in [-0.15, -0.1) is 0 Å². The lowest BCUT2D eigenvalue weighted by molar-refractivity contribution is 0.0775. The molecule has 0 spiro atoms. The number of carbonyl (C=O) groups excluding carboxylic acids is 2. The van der Waals surface area contributed by atoms with E-state index in [1.165, 1.54) is 12.6 Å². The van der Waals surface area contributed by atoms with Crippen LogP contribution in [0.5, 0.6) is 0 Å². The number of rotatable bonds is 9. The fourth-order valence-electron chi connectivity index (χ4n) is 4.45. The van der Waals surface area contributed by atoms with Gasteiger partial charge in [0, 0.05) is 45.1 Å². The van der Waals surface area contributed by atoms with Crippen molar-refractivity contribution < 1.29 is 9.59 Å². The first-order chi connectivity index (χ1) is 15.5. The maximum atomic E-state index is 13.3. The molecule has 0 saturated carbocycles.